The molecule has 11 N–H and O–H groups in total. The predicted octanol–water partition coefficient (Wildman–Crippen LogP) is 2.62. The van der Waals surface area contributed by atoms with Crippen molar-refractivity contribution in [3.63, 3.8) is 0 Å². The molecule has 7 nitrogen and oxygen atoms in total. The lowest BCUT2D eigenvalue weighted by molar-refractivity contribution is -0.138. The molecule has 0 aliphatic carbocycles. The minimum Gasteiger partial charge on any atom is -0.481 e. The largest absolute Gasteiger partial charge is 0.481 e. The lowest BCUT2D eigenvalue weighted by Gasteiger charge is -1.97. The summed E-state index contributed by atoms with van der Waals surface area (Å²) in [6, 6.07) is 0. The molecule has 0 aromatic carbocycles. The highest BCUT2D eigenvalue weighted by molar-refractivity contribution is 5.66. The van der Waals surface area contributed by atoms with Gasteiger partial charge in [-0.3, -0.25) is 9.59 Å². The zero-order valence-electron chi connectivity index (χ0n) is 9.78. The average Bonchev–Trinajstić information content (AvgIpc) is 2.01. The van der Waals surface area contributed by atoms with Crippen molar-refractivity contribution in [2.24, 2.45) is 0 Å². The van der Waals surface area contributed by atoms with Crippen molar-refractivity contribution in [1.29, 1.82) is 0 Å². The van der Waals surface area contributed by atoms with Gasteiger partial charge in [0.25, 0.3) is 0 Å². The number of carboxylic acids is 2. The van der Waals surface area contributed by atoms with Crippen molar-refractivity contribution in [2.75, 3.05) is 0 Å². The Hall–Kier alpha value is -1.18. The molecule has 0 aliphatic rings. The van der Waals surface area contributed by atoms with Crippen molar-refractivity contribution in [3.05, 3.63) is 0 Å². The molecule has 102 valence electrons. The van der Waals surface area contributed by atoms with Gasteiger partial charge in [-0.2, -0.15) is 0 Å². The third-order valence-electron chi connectivity index (χ3n) is 1.78. The molecule has 0 aliphatic heterocycles. The number of hydrogen-bond acceptors (Lipinski definition) is 5. The molecule has 0 spiro atoms. The summed E-state index contributed by atoms with van der Waals surface area (Å²) in [4.78, 5) is 20.2. The van der Waals surface area contributed by atoms with Crippen LogP contribution in [0, 0.1) is 0 Å². The molecule has 0 atom stereocenters. The summed E-state index contributed by atoms with van der Waals surface area (Å²) in [7, 11) is 0. The van der Waals surface area contributed by atoms with E-state index >= 15 is 0 Å². The van der Waals surface area contributed by atoms with E-state index in [4.69, 9.17) is 10.2 Å². The van der Waals surface area contributed by atoms with Gasteiger partial charge >= 0.3 is 11.9 Å². The first-order chi connectivity index (χ1) is 6.13. The Balaban J connectivity index is -0.000000120. The molecule has 0 unspecified atom stereocenters. The van der Waals surface area contributed by atoms with E-state index in [2.05, 4.69) is 0 Å². The minimum absolute atomic E-state index is 0. The van der Waals surface area contributed by atoms with Gasteiger partial charge in [0.2, 0.25) is 0 Å². The Morgan fingerprint density at radius 3 is 1.19 bits per heavy atom. The van der Waals surface area contributed by atoms with Crippen LogP contribution in [0.2, 0.25) is 0 Å². The van der Waals surface area contributed by atoms with Crippen LogP contribution in [0.1, 0.15) is 46.4 Å². The Morgan fingerprint density at radius 1 is 0.688 bits per heavy atom. The molecule has 16 heavy (non-hydrogen) atoms. The number of carboxylic acid groups (broad SMARTS) is 2. The van der Waals surface area contributed by atoms with Gasteiger partial charge in [-0.1, -0.05) is 19.3 Å². The van der Waals surface area contributed by atoms with E-state index in [0.29, 0.717) is 12.8 Å². The van der Waals surface area contributed by atoms with Crippen LogP contribution in [0.5, 0.6) is 0 Å². The van der Waals surface area contributed by atoms with Crippen molar-refractivity contribution in [2.45, 2.75) is 44.9 Å². The second kappa shape index (κ2) is 16.3. The SMILES string of the molecule is N.N.N.O=C(O)CCCCCCCC(=O)O.[HH]. The van der Waals surface area contributed by atoms with Crippen LogP contribution < -0.4 is 18.5 Å². The van der Waals surface area contributed by atoms with Crippen LogP contribution >= 0.6 is 0 Å². The maximum atomic E-state index is 10.1. The molecule has 0 heterocycles. The Bertz CT molecular complexity index is 164. The molecule has 0 saturated heterocycles. The quantitative estimate of drug-likeness (QED) is 0.405. The lowest BCUT2D eigenvalue weighted by atomic mass is 10.1. The van der Waals surface area contributed by atoms with Gasteiger partial charge < -0.3 is 28.7 Å². The number of unbranched alkanes of at least 4 members (excludes halogenated alkanes) is 4. The van der Waals surface area contributed by atoms with E-state index in [1.54, 1.807) is 0 Å². The average molecular weight is 241 g/mol. The molecule has 0 fully saturated rings. The summed E-state index contributed by atoms with van der Waals surface area (Å²) in [5, 5.41) is 16.6. The van der Waals surface area contributed by atoms with Crippen molar-refractivity contribution < 1.29 is 21.2 Å². The molecule has 0 rings (SSSR count). The molecule has 0 aromatic rings. The standard InChI is InChI=1S/C9H16O4.3H3N.H2/c10-8(11)6-4-2-1-3-5-7-9(12)13;;;;/h1-7H2,(H,10,11)(H,12,13);3*1H3;1H. The Labute approximate surface area is 97.5 Å². The van der Waals surface area contributed by atoms with Gasteiger partial charge in [0.1, 0.15) is 0 Å². The Kier molecular flexibility index (Phi) is 24.6. The molecule has 0 aromatic heterocycles. The van der Waals surface area contributed by atoms with Gasteiger partial charge in [0, 0.05) is 14.3 Å². The maximum absolute atomic E-state index is 10.1. The molecule has 0 radical (unpaired) electrons. The topological polar surface area (TPSA) is 180 Å². The smallest absolute Gasteiger partial charge is 0.303 e. The van der Waals surface area contributed by atoms with E-state index < -0.39 is 11.9 Å². The molecule has 7 heteroatoms. The van der Waals surface area contributed by atoms with Gasteiger partial charge in [0.05, 0.1) is 0 Å². The fourth-order valence-corrected chi connectivity index (χ4v) is 1.08. The van der Waals surface area contributed by atoms with Crippen molar-refractivity contribution >= 4 is 11.9 Å². The molecular formula is C9H27N3O4. The maximum Gasteiger partial charge on any atom is 0.303 e. The number of aliphatic carboxylic acids is 2. The number of carbonyl (C=O) groups is 2. The summed E-state index contributed by atoms with van der Waals surface area (Å²) < 4.78 is 0. The first-order valence-electron chi connectivity index (χ1n) is 4.56. The van der Waals surface area contributed by atoms with Crippen LogP contribution in [-0.4, -0.2) is 22.2 Å². The minimum atomic E-state index is -0.759. The third-order valence-corrected chi connectivity index (χ3v) is 1.78. The predicted molar refractivity (Wildman–Crippen MR) is 64.8 cm³/mol. The van der Waals surface area contributed by atoms with Crippen LogP contribution in [0.25, 0.3) is 0 Å². The third kappa shape index (κ3) is 23.0. The van der Waals surface area contributed by atoms with Gasteiger partial charge in [-0.15, -0.1) is 0 Å². The monoisotopic (exact) mass is 241 g/mol. The highest BCUT2D eigenvalue weighted by Gasteiger charge is 1.98. The van der Waals surface area contributed by atoms with Crippen LogP contribution in [-0.2, 0) is 9.59 Å². The highest BCUT2D eigenvalue weighted by Crippen LogP contribution is 2.06. The summed E-state index contributed by atoms with van der Waals surface area (Å²) in [6.07, 6.45) is 4.53. The number of hydrogen-bond donors (Lipinski definition) is 5. The molecular weight excluding hydrogens is 214 g/mol. The van der Waals surface area contributed by atoms with Gasteiger partial charge in [-0.25, -0.2) is 0 Å². The van der Waals surface area contributed by atoms with E-state index in [1.165, 1.54) is 0 Å². The van der Waals surface area contributed by atoms with Crippen LogP contribution in [0.15, 0.2) is 0 Å². The van der Waals surface area contributed by atoms with Gasteiger partial charge in [-0.05, 0) is 12.8 Å². The molecule has 0 bridgehead atoms. The Morgan fingerprint density at radius 2 is 0.938 bits per heavy atom. The fourth-order valence-electron chi connectivity index (χ4n) is 1.08. The zero-order valence-corrected chi connectivity index (χ0v) is 9.78. The highest BCUT2D eigenvalue weighted by atomic mass is 16.4. The first kappa shape index (κ1) is 24.2. The fraction of sp³-hybridized carbons (Fsp3) is 0.778. The van der Waals surface area contributed by atoms with Crippen molar-refractivity contribution in [3.8, 4) is 0 Å². The van der Waals surface area contributed by atoms with Crippen LogP contribution in [0.4, 0.5) is 0 Å². The van der Waals surface area contributed by atoms with E-state index in [-0.39, 0.29) is 32.7 Å². The van der Waals surface area contributed by atoms with E-state index in [1.807, 2.05) is 0 Å². The summed E-state index contributed by atoms with van der Waals surface area (Å²) in [5.41, 5.74) is 0. The van der Waals surface area contributed by atoms with E-state index in [9.17, 15) is 9.59 Å². The first-order valence-corrected chi connectivity index (χ1v) is 4.56. The second-order valence-corrected chi connectivity index (χ2v) is 3.06. The summed E-state index contributed by atoms with van der Waals surface area (Å²) in [5.74, 6) is -1.52. The normalized spacial score (nSPS) is 8.00. The molecule has 0 saturated carbocycles. The number of rotatable bonds is 8. The zero-order chi connectivity index (χ0) is 10.1. The van der Waals surface area contributed by atoms with E-state index in [0.717, 1.165) is 19.3 Å². The summed E-state index contributed by atoms with van der Waals surface area (Å²) in [6.45, 7) is 0. The van der Waals surface area contributed by atoms with Crippen molar-refractivity contribution in [1.82, 2.24) is 18.5 Å². The lowest BCUT2D eigenvalue weighted by Crippen LogP contribution is -1.95. The molecule has 0 amide bonds. The van der Waals surface area contributed by atoms with Gasteiger partial charge in [0.15, 0.2) is 0 Å². The van der Waals surface area contributed by atoms with Crippen LogP contribution in [0.3, 0.4) is 0 Å². The second-order valence-electron chi connectivity index (χ2n) is 3.06. The summed E-state index contributed by atoms with van der Waals surface area (Å²) >= 11 is 0.